The molecule has 154 valence electrons. The molecule has 27 heavy (non-hydrogen) atoms. The molecule has 5 aliphatic rings. The molecule has 4 aliphatic carbocycles. The van der Waals surface area contributed by atoms with Crippen LogP contribution >= 0.6 is 0 Å². The van der Waals surface area contributed by atoms with Crippen molar-refractivity contribution in [2.45, 2.75) is 61.9 Å². The van der Waals surface area contributed by atoms with Gasteiger partial charge in [-0.1, -0.05) is 0 Å². The maximum Gasteiger partial charge on any atom is 0.367 e. The van der Waals surface area contributed by atoms with Crippen molar-refractivity contribution in [2.24, 2.45) is 17.3 Å². The first-order chi connectivity index (χ1) is 12.5. The third-order valence-electron chi connectivity index (χ3n) is 6.39. The lowest BCUT2D eigenvalue weighted by Crippen LogP contribution is -2.57. The van der Waals surface area contributed by atoms with Gasteiger partial charge >= 0.3 is 11.2 Å². The summed E-state index contributed by atoms with van der Waals surface area (Å²) >= 11 is 0. The molecule has 1 heterocycles. The minimum Gasteiger partial charge on any atom is -0.743 e. The fourth-order valence-corrected chi connectivity index (χ4v) is 5.97. The van der Waals surface area contributed by atoms with Crippen molar-refractivity contribution in [2.75, 3.05) is 19.8 Å². The van der Waals surface area contributed by atoms with E-state index >= 15 is 0 Å². The molecular weight excluding hydrogens is 386 g/mol. The predicted octanol–water partition coefficient (Wildman–Crippen LogP) is 1.81. The number of carbonyl (C=O) groups is 1. The molecule has 1 saturated heterocycles. The van der Waals surface area contributed by atoms with Gasteiger partial charge in [0.2, 0.25) is 0 Å². The standard InChI is InChI=1S/C17H24F2O7S/c18-17(19,27(21,22)23)10-25-14(20)6-15-2-11-1-12(3-15)5-16(4-11,9-15)26-8-13-7-24-13/h11-13H,1-10H2,(H,21,22,23)/p-1. The highest BCUT2D eigenvalue weighted by Crippen LogP contribution is 2.64. The van der Waals surface area contributed by atoms with Crippen molar-refractivity contribution in [1.29, 1.82) is 0 Å². The molecule has 1 aliphatic heterocycles. The van der Waals surface area contributed by atoms with Crippen molar-refractivity contribution < 1.29 is 40.8 Å². The molecule has 7 nitrogen and oxygen atoms in total. The van der Waals surface area contributed by atoms with Crippen molar-refractivity contribution >= 4 is 16.1 Å². The Bertz CT molecular complexity index is 705. The molecule has 10 heteroatoms. The average Bonchev–Trinajstić information content (AvgIpc) is 3.32. The Hall–Kier alpha value is -0.840. The van der Waals surface area contributed by atoms with Crippen LogP contribution < -0.4 is 0 Å². The van der Waals surface area contributed by atoms with E-state index in [1.54, 1.807) is 0 Å². The molecule has 5 rings (SSSR count). The van der Waals surface area contributed by atoms with Gasteiger partial charge in [0.05, 0.1) is 25.2 Å². The molecule has 0 aromatic carbocycles. The summed E-state index contributed by atoms with van der Waals surface area (Å²) in [6.45, 7) is -0.494. The number of esters is 1. The van der Waals surface area contributed by atoms with E-state index in [0.717, 1.165) is 32.1 Å². The van der Waals surface area contributed by atoms with E-state index in [1.807, 2.05) is 0 Å². The van der Waals surface area contributed by atoms with Gasteiger partial charge in [-0.05, 0) is 55.8 Å². The molecule has 0 N–H and O–H groups in total. The highest BCUT2D eigenvalue weighted by molar-refractivity contribution is 7.86. The molecule has 0 aromatic heterocycles. The van der Waals surface area contributed by atoms with Gasteiger partial charge in [0.1, 0.15) is 6.10 Å². The van der Waals surface area contributed by atoms with Gasteiger partial charge in [-0.25, -0.2) is 8.42 Å². The van der Waals surface area contributed by atoms with Gasteiger partial charge in [-0.2, -0.15) is 8.78 Å². The maximum atomic E-state index is 13.2. The van der Waals surface area contributed by atoms with E-state index in [9.17, 15) is 26.5 Å². The van der Waals surface area contributed by atoms with Crippen LogP contribution in [0, 0.1) is 17.3 Å². The lowest BCUT2D eigenvalue weighted by atomic mass is 9.47. The van der Waals surface area contributed by atoms with E-state index in [4.69, 9.17) is 9.47 Å². The first kappa shape index (κ1) is 19.5. The topological polar surface area (TPSA) is 105 Å². The largest absolute Gasteiger partial charge is 0.743 e. The molecule has 3 unspecified atom stereocenters. The Balaban J connectivity index is 1.40. The zero-order valence-electron chi connectivity index (χ0n) is 14.8. The number of alkyl halides is 2. The molecule has 0 radical (unpaired) electrons. The van der Waals surface area contributed by atoms with Gasteiger partial charge in [0, 0.05) is 0 Å². The van der Waals surface area contributed by atoms with Crippen LogP contribution in [-0.4, -0.2) is 55.7 Å². The zero-order chi connectivity index (χ0) is 19.5. The number of epoxide rings is 1. The van der Waals surface area contributed by atoms with Gasteiger partial charge in [0.15, 0.2) is 16.7 Å². The summed E-state index contributed by atoms with van der Waals surface area (Å²) in [6, 6.07) is 0. The summed E-state index contributed by atoms with van der Waals surface area (Å²) in [5, 5.41) is -4.61. The smallest absolute Gasteiger partial charge is 0.367 e. The van der Waals surface area contributed by atoms with Gasteiger partial charge < -0.3 is 18.8 Å². The Labute approximate surface area is 156 Å². The Kier molecular flexibility index (Phi) is 4.57. The first-order valence-corrected chi connectivity index (χ1v) is 10.7. The minimum atomic E-state index is -5.86. The second-order valence-electron chi connectivity index (χ2n) is 8.84. The van der Waals surface area contributed by atoms with Gasteiger partial charge in [0.25, 0.3) is 0 Å². The maximum absolute atomic E-state index is 13.2. The van der Waals surface area contributed by atoms with Crippen LogP contribution in [0.1, 0.15) is 44.9 Å². The fourth-order valence-electron chi connectivity index (χ4n) is 5.77. The Morgan fingerprint density at radius 1 is 1.22 bits per heavy atom. The van der Waals surface area contributed by atoms with E-state index in [0.29, 0.717) is 31.5 Å². The normalized spacial score (nSPS) is 40.2. The second-order valence-corrected chi connectivity index (χ2v) is 10.3. The quantitative estimate of drug-likeness (QED) is 0.342. The second kappa shape index (κ2) is 6.33. The lowest BCUT2D eigenvalue weighted by molar-refractivity contribution is -0.200. The predicted molar refractivity (Wildman–Crippen MR) is 85.8 cm³/mol. The number of carbonyl (C=O) groups excluding carboxylic acids is 1. The van der Waals surface area contributed by atoms with E-state index in [1.165, 1.54) is 0 Å². The van der Waals surface area contributed by atoms with E-state index < -0.39 is 27.9 Å². The highest BCUT2D eigenvalue weighted by Gasteiger charge is 2.59. The van der Waals surface area contributed by atoms with Crippen LogP contribution in [0.3, 0.4) is 0 Å². The number of rotatable bonds is 8. The SMILES string of the molecule is O=C(CC12CC3CC(C1)CC(OCC1CO1)(C3)C2)OCC(F)(F)S(=O)(=O)[O-]. The van der Waals surface area contributed by atoms with Crippen molar-refractivity contribution in [1.82, 2.24) is 0 Å². The van der Waals surface area contributed by atoms with E-state index in [2.05, 4.69) is 4.74 Å². The number of ether oxygens (including phenoxy) is 3. The summed E-state index contributed by atoms with van der Waals surface area (Å²) in [5.41, 5.74) is -0.657. The van der Waals surface area contributed by atoms with Crippen LogP contribution in [0.2, 0.25) is 0 Å². The molecule has 5 fully saturated rings. The summed E-state index contributed by atoms with van der Waals surface area (Å²) < 4.78 is 73.9. The lowest BCUT2D eigenvalue weighted by Gasteiger charge is -2.61. The third kappa shape index (κ3) is 3.99. The molecule has 0 amide bonds. The minimum absolute atomic E-state index is 0.0555. The summed E-state index contributed by atoms with van der Waals surface area (Å²) in [4.78, 5) is 12.2. The summed E-state index contributed by atoms with van der Waals surface area (Å²) in [6.07, 6.45) is 5.38. The average molecular weight is 409 g/mol. The van der Waals surface area contributed by atoms with Crippen LogP contribution in [0.5, 0.6) is 0 Å². The monoisotopic (exact) mass is 409 g/mol. The number of hydrogen-bond acceptors (Lipinski definition) is 7. The van der Waals surface area contributed by atoms with Crippen molar-refractivity contribution in [3.63, 3.8) is 0 Å². The van der Waals surface area contributed by atoms with Crippen molar-refractivity contribution in [3.8, 4) is 0 Å². The molecular formula is C17H23F2O7S-. The number of halogens is 2. The molecule has 0 spiro atoms. The Morgan fingerprint density at radius 3 is 2.41 bits per heavy atom. The van der Waals surface area contributed by atoms with E-state index in [-0.39, 0.29) is 23.5 Å². The molecule has 4 saturated carbocycles. The zero-order valence-corrected chi connectivity index (χ0v) is 15.6. The fraction of sp³-hybridized carbons (Fsp3) is 0.941. The third-order valence-corrected chi connectivity index (χ3v) is 7.24. The van der Waals surface area contributed by atoms with Gasteiger partial charge in [-0.3, -0.25) is 4.79 Å². The van der Waals surface area contributed by atoms with Crippen molar-refractivity contribution in [3.05, 3.63) is 0 Å². The van der Waals surface area contributed by atoms with Crippen LogP contribution in [0.25, 0.3) is 0 Å². The molecule has 4 bridgehead atoms. The Morgan fingerprint density at radius 2 is 1.85 bits per heavy atom. The highest BCUT2D eigenvalue weighted by atomic mass is 32.2. The van der Waals surface area contributed by atoms with Gasteiger partial charge in [-0.15, -0.1) is 0 Å². The van der Waals surface area contributed by atoms with Crippen LogP contribution in [-0.2, 0) is 29.1 Å². The number of hydrogen-bond donors (Lipinski definition) is 0. The first-order valence-electron chi connectivity index (χ1n) is 9.24. The molecule has 0 aromatic rings. The summed E-state index contributed by atoms with van der Waals surface area (Å²) in [5.74, 6) is -0.0220. The van der Waals surface area contributed by atoms with Crippen LogP contribution in [0.4, 0.5) is 8.78 Å². The molecule has 3 atom stereocenters. The summed E-state index contributed by atoms with van der Waals surface area (Å²) in [7, 11) is -5.86. The van der Waals surface area contributed by atoms with Crippen LogP contribution in [0.15, 0.2) is 0 Å².